The summed E-state index contributed by atoms with van der Waals surface area (Å²) >= 11 is 0. The van der Waals surface area contributed by atoms with Crippen molar-refractivity contribution < 1.29 is 18.3 Å². The largest absolute Gasteiger partial charge is 0.394 e. The standard InChI is InChI=1S/C10H17N3O4S/c1-7-4-13(5-9(6-14)17-7)18(15,16)10-3-11-12-8(10)2/h3,7,9,14H,4-6H2,1-2H3,(H,11,12). The summed E-state index contributed by atoms with van der Waals surface area (Å²) in [6.45, 7) is 3.69. The Balaban J connectivity index is 2.28. The van der Waals surface area contributed by atoms with Crippen molar-refractivity contribution in [1.82, 2.24) is 14.5 Å². The molecule has 2 atom stereocenters. The van der Waals surface area contributed by atoms with Gasteiger partial charge in [-0.05, 0) is 13.8 Å². The van der Waals surface area contributed by atoms with Crippen molar-refractivity contribution in [2.24, 2.45) is 0 Å². The number of ether oxygens (including phenoxy) is 1. The first kappa shape index (κ1) is 13.5. The van der Waals surface area contributed by atoms with E-state index in [0.29, 0.717) is 5.69 Å². The number of nitrogens with one attached hydrogen (secondary N) is 1. The Bertz CT molecular complexity index is 513. The van der Waals surface area contributed by atoms with Gasteiger partial charge in [-0.2, -0.15) is 9.40 Å². The molecular weight excluding hydrogens is 258 g/mol. The quantitative estimate of drug-likeness (QED) is 0.774. The van der Waals surface area contributed by atoms with E-state index in [9.17, 15) is 8.42 Å². The summed E-state index contributed by atoms with van der Waals surface area (Å²) < 4.78 is 31.6. The third-order valence-electron chi connectivity index (χ3n) is 2.90. The van der Waals surface area contributed by atoms with Gasteiger partial charge < -0.3 is 9.84 Å². The number of aliphatic hydroxyl groups excluding tert-OH is 1. The molecule has 7 nitrogen and oxygen atoms in total. The molecule has 102 valence electrons. The second-order valence-electron chi connectivity index (χ2n) is 4.43. The predicted molar refractivity (Wildman–Crippen MR) is 63.5 cm³/mol. The lowest BCUT2D eigenvalue weighted by atomic mass is 10.2. The number of hydrogen-bond donors (Lipinski definition) is 2. The minimum atomic E-state index is -3.58. The van der Waals surface area contributed by atoms with Crippen LogP contribution in [0.2, 0.25) is 0 Å². The molecule has 0 aliphatic carbocycles. The molecule has 8 heteroatoms. The molecule has 2 N–H and O–H groups in total. The van der Waals surface area contributed by atoms with Gasteiger partial charge in [0.1, 0.15) is 4.90 Å². The molecule has 0 amide bonds. The minimum absolute atomic E-state index is 0.161. The zero-order valence-electron chi connectivity index (χ0n) is 10.3. The van der Waals surface area contributed by atoms with E-state index in [-0.39, 0.29) is 30.7 Å². The Hall–Kier alpha value is -0.960. The van der Waals surface area contributed by atoms with Gasteiger partial charge in [0.05, 0.1) is 30.7 Å². The maximum absolute atomic E-state index is 12.4. The van der Waals surface area contributed by atoms with Gasteiger partial charge in [0.2, 0.25) is 10.0 Å². The van der Waals surface area contributed by atoms with Gasteiger partial charge in [-0.3, -0.25) is 5.10 Å². The molecule has 1 aliphatic rings. The van der Waals surface area contributed by atoms with Crippen molar-refractivity contribution in [3.05, 3.63) is 11.9 Å². The fourth-order valence-corrected chi connectivity index (χ4v) is 3.70. The first-order valence-electron chi connectivity index (χ1n) is 5.71. The number of nitrogens with zero attached hydrogens (tertiary/aromatic N) is 2. The molecule has 1 aromatic rings. The highest BCUT2D eigenvalue weighted by atomic mass is 32.2. The van der Waals surface area contributed by atoms with Crippen LogP contribution in [0.4, 0.5) is 0 Å². The van der Waals surface area contributed by atoms with Crippen molar-refractivity contribution in [3.63, 3.8) is 0 Å². The third-order valence-corrected chi connectivity index (χ3v) is 4.84. The van der Waals surface area contributed by atoms with Gasteiger partial charge in [-0.15, -0.1) is 0 Å². The fourth-order valence-electron chi connectivity index (χ4n) is 2.04. The number of morpholine rings is 1. The van der Waals surface area contributed by atoms with Crippen LogP contribution in [0.3, 0.4) is 0 Å². The molecule has 18 heavy (non-hydrogen) atoms. The molecule has 2 heterocycles. The monoisotopic (exact) mass is 275 g/mol. The smallest absolute Gasteiger partial charge is 0.246 e. The minimum Gasteiger partial charge on any atom is -0.394 e. The Morgan fingerprint density at radius 1 is 1.61 bits per heavy atom. The third kappa shape index (κ3) is 2.41. The van der Waals surface area contributed by atoms with E-state index in [4.69, 9.17) is 9.84 Å². The summed E-state index contributed by atoms with van der Waals surface area (Å²) in [5, 5.41) is 15.5. The number of H-pyrrole nitrogens is 1. The van der Waals surface area contributed by atoms with E-state index in [1.54, 1.807) is 13.8 Å². The summed E-state index contributed by atoms with van der Waals surface area (Å²) in [4.78, 5) is 0.174. The highest BCUT2D eigenvalue weighted by molar-refractivity contribution is 7.89. The first-order valence-corrected chi connectivity index (χ1v) is 7.15. The van der Waals surface area contributed by atoms with Gasteiger partial charge >= 0.3 is 0 Å². The van der Waals surface area contributed by atoms with Gasteiger partial charge in [0, 0.05) is 13.1 Å². The van der Waals surface area contributed by atoms with Crippen molar-refractivity contribution in [1.29, 1.82) is 0 Å². The lowest BCUT2D eigenvalue weighted by Crippen LogP contribution is -2.50. The van der Waals surface area contributed by atoms with Crippen molar-refractivity contribution in [3.8, 4) is 0 Å². The van der Waals surface area contributed by atoms with Crippen LogP contribution < -0.4 is 0 Å². The number of aromatic amines is 1. The molecule has 0 spiro atoms. The Kier molecular flexibility index (Phi) is 3.71. The fraction of sp³-hybridized carbons (Fsp3) is 0.700. The zero-order chi connectivity index (χ0) is 13.3. The van der Waals surface area contributed by atoms with E-state index >= 15 is 0 Å². The first-order chi connectivity index (χ1) is 8.45. The molecule has 1 saturated heterocycles. The van der Waals surface area contributed by atoms with Crippen LogP contribution >= 0.6 is 0 Å². The van der Waals surface area contributed by atoms with Crippen LogP contribution in [0.25, 0.3) is 0 Å². The van der Waals surface area contributed by atoms with E-state index in [2.05, 4.69) is 10.2 Å². The summed E-state index contributed by atoms with van der Waals surface area (Å²) in [5.74, 6) is 0. The maximum Gasteiger partial charge on any atom is 0.246 e. The number of aliphatic hydroxyl groups is 1. The number of hydrogen-bond acceptors (Lipinski definition) is 5. The summed E-state index contributed by atoms with van der Waals surface area (Å²) in [6, 6.07) is 0. The van der Waals surface area contributed by atoms with Gasteiger partial charge in [-0.25, -0.2) is 8.42 Å². The summed E-state index contributed by atoms with van der Waals surface area (Å²) in [5.41, 5.74) is 0.509. The molecule has 2 unspecified atom stereocenters. The van der Waals surface area contributed by atoms with Crippen LogP contribution in [0.1, 0.15) is 12.6 Å². The van der Waals surface area contributed by atoms with Crippen LogP contribution in [0, 0.1) is 6.92 Å². The summed E-state index contributed by atoms with van der Waals surface area (Å²) in [6.07, 6.45) is 0.590. The molecule has 0 aromatic carbocycles. The lowest BCUT2D eigenvalue weighted by Gasteiger charge is -2.35. The second kappa shape index (κ2) is 4.96. The van der Waals surface area contributed by atoms with E-state index in [1.807, 2.05) is 0 Å². The molecular formula is C10H17N3O4S. The molecule has 1 fully saturated rings. The van der Waals surface area contributed by atoms with E-state index < -0.39 is 16.1 Å². The average molecular weight is 275 g/mol. The molecule has 1 aromatic heterocycles. The molecule has 0 saturated carbocycles. The number of rotatable bonds is 3. The highest BCUT2D eigenvalue weighted by Gasteiger charge is 2.34. The molecule has 1 aliphatic heterocycles. The topological polar surface area (TPSA) is 95.5 Å². The Labute approximate surface area is 106 Å². The van der Waals surface area contributed by atoms with Crippen LogP contribution in [0.5, 0.6) is 0 Å². The van der Waals surface area contributed by atoms with Gasteiger partial charge in [0.25, 0.3) is 0 Å². The Morgan fingerprint density at radius 3 is 2.89 bits per heavy atom. The predicted octanol–water partition coefficient (Wildman–Crippen LogP) is -0.512. The summed E-state index contributed by atoms with van der Waals surface area (Å²) in [7, 11) is -3.58. The molecule has 0 bridgehead atoms. The van der Waals surface area contributed by atoms with Crippen molar-refractivity contribution in [2.45, 2.75) is 31.0 Å². The Morgan fingerprint density at radius 2 is 2.33 bits per heavy atom. The maximum atomic E-state index is 12.4. The number of sulfonamides is 1. The van der Waals surface area contributed by atoms with Crippen LogP contribution in [-0.4, -0.2) is 59.9 Å². The van der Waals surface area contributed by atoms with Gasteiger partial charge in [0.15, 0.2) is 0 Å². The van der Waals surface area contributed by atoms with Crippen molar-refractivity contribution >= 4 is 10.0 Å². The van der Waals surface area contributed by atoms with Crippen LogP contribution in [0.15, 0.2) is 11.1 Å². The SMILES string of the molecule is Cc1[nH]ncc1S(=O)(=O)N1CC(C)OC(CO)C1. The van der Waals surface area contributed by atoms with E-state index in [1.165, 1.54) is 10.5 Å². The average Bonchev–Trinajstić information content (AvgIpc) is 2.75. The molecule has 2 rings (SSSR count). The van der Waals surface area contributed by atoms with E-state index in [0.717, 1.165) is 0 Å². The number of aryl methyl sites for hydroxylation is 1. The lowest BCUT2D eigenvalue weighted by molar-refractivity contribution is -0.0750. The normalized spacial score (nSPS) is 26.4. The highest BCUT2D eigenvalue weighted by Crippen LogP contribution is 2.22. The van der Waals surface area contributed by atoms with Gasteiger partial charge in [-0.1, -0.05) is 0 Å². The van der Waals surface area contributed by atoms with Crippen LogP contribution in [-0.2, 0) is 14.8 Å². The molecule has 0 radical (unpaired) electrons. The van der Waals surface area contributed by atoms with Crippen molar-refractivity contribution in [2.75, 3.05) is 19.7 Å². The number of aromatic nitrogens is 2. The zero-order valence-corrected chi connectivity index (χ0v) is 11.1. The second-order valence-corrected chi connectivity index (χ2v) is 6.34.